The maximum Gasteiger partial charge on any atom is 0.291 e. The summed E-state index contributed by atoms with van der Waals surface area (Å²) in [7, 11) is 0. The molecule has 0 aliphatic rings. The quantitative estimate of drug-likeness (QED) is 0.848. The lowest BCUT2D eigenvalue weighted by atomic mass is 10.3. The van der Waals surface area contributed by atoms with Gasteiger partial charge in [-0.3, -0.25) is 4.79 Å². The fourth-order valence-corrected chi connectivity index (χ4v) is 2.13. The molecule has 0 saturated carbocycles. The molecule has 94 valence electrons. The average molecular weight is 353 g/mol. The Morgan fingerprint density at radius 2 is 1.89 bits per heavy atom. The van der Waals surface area contributed by atoms with E-state index in [1.165, 1.54) is 6.07 Å². The fraction of sp³-hybridized carbons (Fsp3) is 0. The van der Waals surface area contributed by atoms with Gasteiger partial charge < -0.3 is 9.73 Å². The van der Waals surface area contributed by atoms with Gasteiger partial charge in [-0.05, 0) is 40.2 Å². The van der Waals surface area contributed by atoms with Crippen molar-refractivity contribution in [1.29, 1.82) is 0 Å². The molecule has 1 aromatic heterocycles. The molecular formula is C11H5BrCl2FNO2. The van der Waals surface area contributed by atoms with Crippen molar-refractivity contribution < 1.29 is 13.6 Å². The second-order valence-corrected chi connectivity index (χ2v) is 4.90. The monoisotopic (exact) mass is 351 g/mol. The van der Waals surface area contributed by atoms with Crippen molar-refractivity contribution in [2.45, 2.75) is 0 Å². The van der Waals surface area contributed by atoms with Crippen LogP contribution in [0.1, 0.15) is 10.6 Å². The van der Waals surface area contributed by atoms with Crippen molar-refractivity contribution in [3.8, 4) is 0 Å². The van der Waals surface area contributed by atoms with Crippen LogP contribution in [0.3, 0.4) is 0 Å². The van der Waals surface area contributed by atoms with Crippen molar-refractivity contribution >= 4 is 50.7 Å². The lowest BCUT2D eigenvalue weighted by Gasteiger charge is -2.08. The SMILES string of the molecule is O=C(Nc1c(Cl)cc(F)cc1Cl)c1ccc(Br)o1. The average Bonchev–Trinajstić information content (AvgIpc) is 2.70. The van der Waals surface area contributed by atoms with Gasteiger partial charge in [0.1, 0.15) is 5.82 Å². The Morgan fingerprint density at radius 1 is 1.28 bits per heavy atom. The summed E-state index contributed by atoms with van der Waals surface area (Å²) in [6.07, 6.45) is 0. The van der Waals surface area contributed by atoms with Crippen molar-refractivity contribution in [2.24, 2.45) is 0 Å². The minimum atomic E-state index is -0.580. The van der Waals surface area contributed by atoms with Crippen LogP contribution in [-0.2, 0) is 0 Å². The molecule has 18 heavy (non-hydrogen) atoms. The van der Waals surface area contributed by atoms with E-state index in [2.05, 4.69) is 21.2 Å². The number of rotatable bonds is 2. The number of halogens is 4. The zero-order valence-corrected chi connectivity index (χ0v) is 11.7. The highest BCUT2D eigenvalue weighted by molar-refractivity contribution is 9.10. The Bertz CT molecular complexity index is 592. The Labute approximate surface area is 120 Å². The first kappa shape index (κ1) is 13.4. The number of carbonyl (C=O) groups excluding carboxylic acids is 1. The Balaban J connectivity index is 2.27. The summed E-state index contributed by atoms with van der Waals surface area (Å²) in [6, 6.07) is 5.16. The molecule has 1 N–H and O–H groups in total. The largest absolute Gasteiger partial charge is 0.444 e. The molecule has 0 aliphatic heterocycles. The molecule has 1 aromatic carbocycles. The van der Waals surface area contributed by atoms with E-state index in [0.29, 0.717) is 4.67 Å². The van der Waals surface area contributed by atoms with Crippen molar-refractivity contribution in [1.82, 2.24) is 0 Å². The number of nitrogens with one attached hydrogen (secondary N) is 1. The van der Waals surface area contributed by atoms with Gasteiger partial charge >= 0.3 is 0 Å². The highest BCUT2D eigenvalue weighted by Crippen LogP contribution is 2.31. The first-order valence-electron chi connectivity index (χ1n) is 4.68. The van der Waals surface area contributed by atoms with E-state index in [9.17, 15) is 9.18 Å². The summed E-state index contributed by atoms with van der Waals surface area (Å²) in [5.41, 5.74) is 0.136. The van der Waals surface area contributed by atoms with Crippen LogP contribution in [0, 0.1) is 5.82 Å². The van der Waals surface area contributed by atoms with Gasteiger partial charge in [-0.2, -0.15) is 0 Å². The molecule has 0 unspecified atom stereocenters. The van der Waals surface area contributed by atoms with Gasteiger partial charge in [-0.25, -0.2) is 4.39 Å². The zero-order chi connectivity index (χ0) is 13.3. The van der Waals surface area contributed by atoms with E-state index in [0.717, 1.165) is 12.1 Å². The minimum absolute atomic E-state index is 0.0129. The molecule has 3 nitrogen and oxygen atoms in total. The van der Waals surface area contributed by atoms with Gasteiger partial charge in [0.15, 0.2) is 10.4 Å². The molecule has 2 rings (SSSR count). The van der Waals surface area contributed by atoms with E-state index >= 15 is 0 Å². The lowest BCUT2D eigenvalue weighted by Crippen LogP contribution is -2.11. The number of anilines is 1. The maximum absolute atomic E-state index is 13.0. The van der Waals surface area contributed by atoms with E-state index in [1.54, 1.807) is 6.07 Å². The Morgan fingerprint density at radius 3 is 2.39 bits per heavy atom. The predicted octanol–water partition coefficient (Wildman–Crippen LogP) is 4.74. The third-order valence-corrected chi connectivity index (χ3v) is 3.06. The minimum Gasteiger partial charge on any atom is -0.444 e. The van der Waals surface area contributed by atoms with E-state index < -0.39 is 11.7 Å². The number of amides is 1. The normalized spacial score (nSPS) is 10.4. The topological polar surface area (TPSA) is 42.2 Å². The van der Waals surface area contributed by atoms with Crippen LogP contribution in [0.5, 0.6) is 0 Å². The first-order valence-corrected chi connectivity index (χ1v) is 6.23. The molecule has 0 spiro atoms. The zero-order valence-electron chi connectivity index (χ0n) is 8.64. The number of hydrogen-bond donors (Lipinski definition) is 1. The van der Waals surface area contributed by atoms with Crippen molar-refractivity contribution in [3.63, 3.8) is 0 Å². The lowest BCUT2D eigenvalue weighted by molar-refractivity contribution is 0.0995. The summed E-state index contributed by atoms with van der Waals surface area (Å²) < 4.78 is 18.5. The van der Waals surface area contributed by atoms with E-state index in [1.807, 2.05) is 0 Å². The van der Waals surface area contributed by atoms with Gasteiger partial charge in [0.25, 0.3) is 5.91 Å². The molecule has 7 heteroatoms. The van der Waals surface area contributed by atoms with Crippen LogP contribution in [0.2, 0.25) is 10.0 Å². The standard InChI is InChI=1S/C11H5BrCl2FNO2/c12-9-2-1-8(18-9)11(17)16-10-6(13)3-5(15)4-7(10)14/h1-4H,(H,16,17). The number of carbonyl (C=O) groups is 1. The van der Waals surface area contributed by atoms with Crippen LogP contribution in [-0.4, -0.2) is 5.91 Å². The molecular weight excluding hydrogens is 348 g/mol. The van der Waals surface area contributed by atoms with E-state index in [4.69, 9.17) is 27.6 Å². The number of furan rings is 1. The predicted molar refractivity (Wildman–Crippen MR) is 70.8 cm³/mol. The fourth-order valence-electron chi connectivity index (χ4n) is 1.27. The van der Waals surface area contributed by atoms with Gasteiger partial charge in [-0.1, -0.05) is 23.2 Å². The third-order valence-electron chi connectivity index (χ3n) is 2.04. The highest BCUT2D eigenvalue weighted by atomic mass is 79.9. The van der Waals surface area contributed by atoms with Crippen LogP contribution >= 0.6 is 39.1 Å². The van der Waals surface area contributed by atoms with Crippen LogP contribution in [0.25, 0.3) is 0 Å². The third kappa shape index (κ3) is 2.85. The van der Waals surface area contributed by atoms with Crippen LogP contribution in [0.4, 0.5) is 10.1 Å². The molecule has 1 amide bonds. The number of hydrogen-bond acceptors (Lipinski definition) is 2. The Hall–Kier alpha value is -1.04. The molecule has 0 aliphatic carbocycles. The molecule has 2 aromatic rings. The molecule has 0 fully saturated rings. The van der Waals surface area contributed by atoms with E-state index in [-0.39, 0.29) is 21.5 Å². The summed E-state index contributed by atoms with van der Waals surface area (Å²) in [5, 5.41) is 2.48. The molecule has 0 saturated heterocycles. The van der Waals surface area contributed by atoms with Crippen LogP contribution in [0.15, 0.2) is 33.4 Å². The van der Waals surface area contributed by atoms with Crippen LogP contribution < -0.4 is 5.32 Å². The maximum atomic E-state index is 13.0. The summed E-state index contributed by atoms with van der Waals surface area (Å²) in [5.74, 6) is -1.03. The smallest absolute Gasteiger partial charge is 0.291 e. The second-order valence-electron chi connectivity index (χ2n) is 3.30. The highest BCUT2D eigenvalue weighted by Gasteiger charge is 2.15. The number of benzene rings is 1. The van der Waals surface area contributed by atoms with Gasteiger partial charge in [0, 0.05) is 0 Å². The molecule has 0 bridgehead atoms. The summed E-state index contributed by atoms with van der Waals surface area (Å²) in [6.45, 7) is 0. The van der Waals surface area contributed by atoms with Gasteiger partial charge in [0.2, 0.25) is 0 Å². The van der Waals surface area contributed by atoms with Crippen molar-refractivity contribution in [3.05, 3.63) is 50.6 Å². The Kier molecular flexibility index (Phi) is 3.94. The molecule has 1 heterocycles. The van der Waals surface area contributed by atoms with Gasteiger partial charge in [-0.15, -0.1) is 0 Å². The summed E-state index contributed by atoms with van der Waals surface area (Å²) >= 11 is 14.7. The summed E-state index contributed by atoms with van der Waals surface area (Å²) in [4.78, 5) is 11.8. The molecule has 0 atom stereocenters. The first-order chi connectivity index (χ1) is 8.47. The van der Waals surface area contributed by atoms with Gasteiger partial charge in [0.05, 0.1) is 15.7 Å². The van der Waals surface area contributed by atoms with Crippen molar-refractivity contribution in [2.75, 3.05) is 5.32 Å². The second kappa shape index (κ2) is 5.30. The molecule has 0 radical (unpaired) electrons.